The zero-order chi connectivity index (χ0) is 43.4. The third-order valence-electron chi connectivity index (χ3n) is 8.99. The summed E-state index contributed by atoms with van der Waals surface area (Å²) in [6, 6.07) is 18.5. The van der Waals surface area contributed by atoms with Gasteiger partial charge in [0, 0.05) is 52.0 Å². The number of benzene rings is 3. The van der Waals surface area contributed by atoms with E-state index in [1.54, 1.807) is 7.11 Å². The number of aliphatic hydroxyl groups is 1. The van der Waals surface area contributed by atoms with Gasteiger partial charge in [-0.25, -0.2) is 4.31 Å². The molecule has 0 saturated heterocycles. The molecule has 0 saturated carbocycles. The molecule has 0 fully saturated rings. The van der Waals surface area contributed by atoms with Gasteiger partial charge in [-0.2, -0.15) is 0 Å². The van der Waals surface area contributed by atoms with Crippen LogP contribution in [0, 0.1) is 6.92 Å². The lowest BCUT2D eigenvalue weighted by atomic mass is 9.85. The first kappa shape index (κ1) is 48.2. The van der Waals surface area contributed by atoms with Crippen molar-refractivity contribution >= 4 is 35.5 Å². The predicted molar refractivity (Wildman–Crippen MR) is 253 cm³/mol. The van der Waals surface area contributed by atoms with Crippen LogP contribution in [0.15, 0.2) is 128 Å². The van der Waals surface area contributed by atoms with Gasteiger partial charge in [-0.05, 0) is 111 Å². The second kappa shape index (κ2) is 24.7. The average molecular weight is 822 g/mol. The monoisotopic (exact) mass is 821 g/mol. The lowest BCUT2D eigenvalue weighted by molar-refractivity contribution is 0.0548. The van der Waals surface area contributed by atoms with Crippen LogP contribution in [0.3, 0.4) is 0 Å². The van der Waals surface area contributed by atoms with E-state index in [0.29, 0.717) is 37.5 Å². The first-order chi connectivity index (χ1) is 28.2. The number of hydrogen-bond acceptors (Lipinski definition) is 10. The zero-order valence-corrected chi connectivity index (χ0v) is 37.6. The number of rotatable bonds is 24. The van der Waals surface area contributed by atoms with E-state index in [4.69, 9.17) is 14.2 Å². The van der Waals surface area contributed by atoms with Crippen molar-refractivity contribution in [1.29, 1.82) is 0 Å². The summed E-state index contributed by atoms with van der Waals surface area (Å²) in [5, 5.41) is 22.1. The average Bonchev–Trinajstić information content (AvgIpc) is 3.18. The number of aryl methyl sites for hydroxylation is 3. The lowest BCUT2D eigenvalue weighted by Crippen LogP contribution is -2.32. The fourth-order valence-electron chi connectivity index (χ4n) is 6.09. The van der Waals surface area contributed by atoms with E-state index in [9.17, 15) is 5.11 Å². The molecule has 0 unspecified atom stereocenters. The van der Waals surface area contributed by atoms with E-state index in [0.717, 1.165) is 76.1 Å². The van der Waals surface area contributed by atoms with Crippen LogP contribution >= 0.6 is 12.1 Å². The molecule has 5 N–H and O–H groups in total. The van der Waals surface area contributed by atoms with Gasteiger partial charge < -0.3 is 40.0 Å². The molecule has 10 heteroatoms. The Bertz CT molecular complexity index is 2100. The topological polar surface area (TPSA) is 99.3 Å². The molecule has 0 atom stereocenters. The molecular formula is C49H67N5O4S. The van der Waals surface area contributed by atoms with Crippen molar-refractivity contribution in [1.82, 2.24) is 14.3 Å². The van der Waals surface area contributed by atoms with Gasteiger partial charge >= 0.3 is 0 Å². The second-order valence-electron chi connectivity index (χ2n) is 15.4. The van der Waals surface area contributed by atoms with Crippen LogP contribution in [-0.2, 0) is 27.7 Å². The Hall–Kier alpha value is -5.13. The summed E-state index contributed by atoms with van der Waals surface area (Å²) in [5.41, 5.74) is 9.67. The summed E-state index contributed by atoms with van der Waals surface area (Å²) in [7, 11) is 5.60. The number of methoxy groups -OCH3 is 1. The van der Waals surface area contributed by atoms with Crippen molar-refractivity contribution in [3.8, 4) is 5.75 Å². The summed E-state index contributed by atoms with van der Waals surface area (Å²) < 4.78 is 22.4. The van der Waals surface area contributed by atoms with Crippen LogP contribution in [0.25, 0.3) is 12.0 Å². The quantitative estimate of drug-likeness (QED) is 0.0342. The highest BCUT2D eigenvalue weighted by molar-refractivity contribution is 7.95. The van der Waals surface area contributed by atoms with Crippen molar-refractivity contribution in [2.45, 2.75) is 66.2 Å². The fraction of sp³-hybridized carbons (Fsp3) is 0.347. The molecule has 0 spiro atoms. The summed E-state index contributed by atoms with van der Waals surface area (Å²) >= 11 is 1.47. The van der Waals surface area contributed by atoms with Gasteiger partial charge in [0.1, 0.15) is 11.6 Å². The van der Waals surface area contributed by atoms with E-state index in [1.807, 2.05) is 86.9 Å². The van der Waals surface area contributed by atoms with E-state index in [-0.39, 0.29) is 5.41 Å². The lowest BCUT2D eigenvalue weighted by Gasteiger charge is -2.24. The summed E-state index contributed by atoms with van der Waals surface area (Å²) in [4.78, 5) is 0. The Morgan fingerprint density at radius 1 is 0.915 bits per heavy atom. The molecule has 59 heavy (non-hydrogen) atoms. The number of hydrogen-bond donors (Lipinski definition) is 5. The molecule has 318 valence electrons. The number of nitrogens with one attached hydrogen (secondary N) is 4. The van der Waals surface area contributed by atoms with Gasteiger partial charge in [0.15, 0.2) is 0 Å². The molecule has 0 aliphatic heterocycles. The molecule has 0 radical (unpaired) electrons. The number of ether oxygens (including phenoxy) is 3. The highest BCUT2D eigenvalue weighted by Crippen LogP contribution is 2.35. The van der Waals surface area contributed by atoms with Gasteiger partial charge in [-0.3, -0.25) is 0 Å². The first-order valence-electron chi connectivity index (χ1n) is 20.1. The van der Waals surface area contributed by atoms with Crippen LogP contribution < -0.4 is 35.8 Å². The van der Waals surface area contributed by atoms with Crippen LogP contribution in [0.1, 0.15) is 63.3 Å². The fourth-order valence-corrected chi connectivity index (χ4v) is 6.46. The molecule has 0 aliphatic rings. The number of aliphatic hydroxyl groups excluding tert-OH is 1. The summed E-state index contributed by atoms with van der Waals surface area (Å²) in [5.74, 6) is 1.29. The van der Waals surface area contributed by atoms with Crippen LogP contribution in [-0.4, -0.2) is 57.0 Å². The van der Waals surface area contributed by atoms with Gasteiger partial charge in [0.05, 0.1) is 38.9 Å². The van der Waals surface area contributed by atoms with Crippen molar-refractivity contribution < 1.29 is 19.3 Å². The van der Waals surface area contributed by atoms with Crippen LogP contribution in [0.4, 0.5) is 11.4 Å². The molecule has 0 aliphatic carbocycles. The SMILES string of the molecule is C=C(/C=C(\C=C/C)/C=C\C(NC(=C)Nc1cc(C(C)(C)C)cc(C)c1OC)=c1\cccc\c1=C/O)Nc1cc(CC)cc(CCCOCCOCC(=C)NSN(C)C)c1. The standard InChI is InChI=1S/C49H67N5O4S/c1-13-18-40(28-36(4)50-44-30-39(14-2)29-41(31-44)19-17-24-57-25-26-58-34-37(5)53-59-54(10)11)22-23-46(45-21-16-15-20-42(45)33-55)51-38(6)52-47-32-43(49(7,8)9)27-35(3)48(47)56-12/h13,15-16,18,20-23,27-33,50-53,55H,4-6,14,17,19,24-26,34H2,1-3,7-12H3/b18-13-,23-22-,40-28+,42-33+,46-45+. The highest BCUT2D eigenvalue weighted by atomic mass is 32.2. The van der Waals surface area contributed by atoms with Gasteiger partial charge in [-0.1, -0.05) is 102 Å². The zero-order valence-electron chi connectivity index (χ0n) is 36.8. The van der Waals surface area contributed by atoms with Gasteiger partial charge in [0.2, 0.25) is 0 Å². The normalized spacial score (nSPS) is 12.9. The van der Waals surface area contributed by atoms with Gasteiger partial charge in [-0.15, -0.1) is 0 Å². The molecule has 0 amide bonds. The molecule has 3 aromatic carbocycles. The Morgan fingerprint density at radius 2 is 1.64 bits per heavy atom. The number of anilines is 2. The minimum atomic E-state index is -0.0557. The molecule has 0 aromatic heterocycles. The Labute approximate surface area is 358 Å². The Kier molecular flexibility index (Phi) is 20.2. The minimum absolute atomic E-state index is 0.0557. The maximum Gasteiger partial charge on any atom is 0.145 e. The number of allylic oxidation sites excluding steroid dienone is 5. The smallest absolute Gasteiger partial charge is 0.145 e. The maximum absolute atomic E-state index is 10.2. The second-order valence-corrected chi connectivity index (χ2v) is 16.5. The maximum atomic E-state index is 10.2. The van der Waals surface area contributed by atoms with E-state index >= 15 is 0 Å². The molecule has 3 aromatic rings. The highest BCUT2D eigenvalue weighted by Gasteiger charge is 2.18. The van der Waals surface area contributed by atoms with Crippen LogP contribution in [0.2, 0.25) is 0 Å². The molecular weight excluding hydrogens is 755 g/mol. The van der Waals surface area contributed by atoms with Crippen molar-refractivity contribution in [2.75, 3.05) is 58.3 Å². The van der Waals surface area contributed by atoms with Crippen molar-refractivity contribution in [3.05, 3.63) is 160 Å². The molecule has 9 nitrogen and oxygen atoms in total. The minimum Gasteiger partial charge on any atom is -0.515 e. The first-order valence-corrected chi connectivity index (χ1v) is 20.8. The van der Waals surface area contributed by atoms with Crippen molar-refractivity contribution in [3.63, 3.8) is 0 Å². The van der Waals surface area contributed by atoms with Crippen molar-refractivity contribution in [2.24, 2.45) is 0 Å². The third kappa shape index (κ3) is 16.9. The molecule has 0 bridgehead atoms. The molecule has 0 heterocycles. The third-order valence-corrected chi connectivity index (χ3v) is 9.73. The Balaban J connectivity index is 1.75. The largest absolute Gasteiger partial charge is 0.515 e. The van der Waals surface area contributed by atoms with E-state index in [2.05, 4.69) is 98.4 Å². The predicted octanol–water partition coefficient (Wildman–Crippen LogP) is 9.32. The summed E-state index contributed by atoms with van der Waals surface area (Å²) in [6.07, 6.45) is 13.9. The molecule has 3 rings (SSSR count). The van der Waals surface area contributed by atoms with E-state index in [1.165, 1.54) is 28.8 Å². The summed E-state index contributed by atoms with van der Waals surface area (Å²) in [6.45, 7) is 27.6. The Morgan fingerprint density at radius 3 is 2.32 bits per heavy atom. The van der Waals surface area contributed by atoms with E-state index < -0.39 is 0 Å². The number of nitrogens with zero attached hydrogens (tertiary/aromatic N) is 1. The van der Waals surface area contributed by atoms with Crippen LogP contribution in [0.5, 0.6) is 5.75 Å². The van der Waals surface area contributed by atoms with Gasteiger partial charge in [0.25, 0.3) is 0 Å².